The molecule has 2 fully saturated rings. The molecular weight excluding hydrogens is 312 g/mol. The second kappa shape index (κ2) is 7.34. The maximum atomic E-state index is 12.8. The number of hydrogen-bond donors (Lipinski definition) is 0. The van der Waals surface area contributed by atoms with Gasteiger partial charge in [0.05, 0.1) is 18.0 Å². The first-order chi connectivity index (χ1) is 11.2. The molecule has 2 atom stereocenters. The van der Waals surface area contributed by atoms with E-state index in [1.54, 1.807) is 11.3 Å². The second-order valence-electron chi connectivity index (χ2n) is 6.35. The Morgan fingerprint density at radius 3 is 2.57 bits per heavy atom. The molecule has 3 rings (SSSR count). The summed E-state index contributed by atoms with van der Waals surface area (Å²) in [5, 5.41) is 3.36. The van der Waals surface area contributed by atoms with Gasteiger partial charge in [-0.25, -0.2) is 0 Å². The standard InChI is InChI=1S/C17H24N2O3S/c1-22-17(21)14-5-2-4-13(12-14)16(20)19-9-7-18(8-10-19)15-6-3-11-23-15/h3,6,11,13-14H,2,4-5,7-10,12H2,1H3/t13-,14+/m0/s1. The summed E-state index contributed by atoms with van der Waals surface area (Å²) in [6.07, 6.45) is 3.34. The smallest absolute Gasteiger partial charge is 0.308 e. The number of carbonyl (C=O) groups is 2. The van der Waals surface area contributed by atoms with Crippen LogP contribution in [0.5, 0.6) is 0 Å². The monoisotopic (exact) mass is 336 g/mol. The molecule has 1 saturated carbocycles. The van der Waals surface area contributed by atoms with Crippen LogP contribution >= 0.6 is 11.3 Å². The zero-order valence-corrected chi connectivity index (χ0v) is 14.4. The lowest BCUT2D eigenvalue weighted by molar-refractivity contribution is -0.148. The number of piperazine rings is 1. The lowest BCUT2D eigenvalue weighted by atomic mass is 9.80. The van der Waals surface area contributed by atoms with Gasteiger partial charge in [0, 0.05) is 32.1 Å². The van der Waals surface area contributed by atoms with Gasteiger partial charge < -0.3 is 14.5 Å². The number of hydrogen-bond acceptors (Lipinski definition) is 5. The average Bonchev–Trinajstić information content (AvgIpc) is 3.15. The maximum absolute atomic E-state index is 12.8. The zero-order valence-electron chi connectivity index (χ0n) is 13.6. The fourth-order valence-electron chi connectivity index (χ4n) is 3.65. The summed E-state index contributed by atoms with van der Waals surface area (Å²) >= 11 is 1.74. The molecule has 0 N–H and O–H groups in total. The minimum atomic E-state index is -0.162. The lowest BCUT2D eigenvalue weighted by Gasteiger charge is -2.38. The summed E-state index contributed by atoms with van der Waals surface area (Å²) in [4.78, 5) is 28.8. The van der Waals surface area contributed by atoms with Crippen molar-refractivity contribution in [2.24, 2.45) is 11.8 Å². The van der Waals surface area contributed by atoms with E-state index in [1.807, 2.05) is 4.90 Å². The number of anilines is 1. The topological polar surface area (TPSA) is 49.9 Å². The molecule has 5 nitrogen and oxygen atoms in total. The fraction of sp³-hybridized carbons (Fsp3) is 0.647. The van der Waals surface area contributed by atoms with Crippen molar-refractivity contribution in [1.29, 1.82) is 0 Å². The number of nitrogens with zero attached hydrogens (tertiary/aromatic N) is 2. The molecule has 1 aromatic heterocycles. The highest BCUT2D eigenvalue weighted by Gasteiger charge is 2.34. The van der Waals surface area contributed by atoms with Crippen molar-refractivity contribution in [3.63, 3.8) is 0 Å². The van der Waals surface area contributed by atoms with E-state index < -0.39 is 0 Å². The van der Waals surface area contributed by atoms with Crippen LogP contribution in [-0.4, -0.2) is 50.1 Å². The lowest BCUT2D eigenvalue weighted by Crippen LogP contribution is -2.50. The van der Waals surface area contributed by atoms with E-state index >= 15 is 0 Å². The number of ether oxygens (including phenoxy) is 1. The van der Waals surface area contributed by atoms with Crippen molar-refractivity contribution in [3.05, 3.63) is 17.5 Å². The van der Waals surface area contributed by atoms with Crippen LogP contribution in [0.25, 0.3) is 0 Å². The van der Waals surface area contributed by atoms with Crippen LogP contribution in [0, 0.1) is 11.8 Å². The van der Waals surface area contributed by atoms with Gasteiger partial charge >= 0.3 is 5.97 Å². The average molecular weight is 336 g/mol. The molecule has 23 heavy (non-hydrogen) atoms. The highest BCUT2D eigenvalue weighted by molar-refractivity contribution is 7.14. The van der Waals surface area contributed by atoms with Gasteiger partial charge in [-0.05, 0) is 36.8 Å². The molecule has 0 aromatic carbocycles. The summed E-state index contributed by atoms with van der Waals surface area (Å²) in [5.41, 5.74) is 0. The number of carbonyl (C=O) groups excluding carboxylic acids is 2. The number of thiophene rings is 1. The van der Waals surface area contributed by atoms with E-state index in [0.29, 0.717) is 6.42 Å². The molecule has 1 aromatic rings. The zero-order chi connectivity index (χ0) is 16.2. The fourth-order valence-corrected chi connectivity index (χ4v) is 4.44. The van der Waals surface area contributed by atoms with Crippen molar-refractivity contribution in [2.75, 3.05) is 38.2 Å². The van der Waals surface area contributed by atoms with E-state index in [9.17, 15) is 9.59 Å². The van der Waals surface area contributed by atoms with Gasteiger partial charge in [0.25, 0.3) is 0 Å². The highest BCUT2D eigenvalue weighted by Crippen LogP contribution is 2.31. The molecule has 1 aliphatic heterocycles. The van der Waals surface area contributed by atoms with E-state index in [0.717, 1.165) is 45.4 Å². The van der Waals surface area contributed by atoms with Crippen LogP contribution in [0.1, 0.15) is 25.7 Å². The Kier molecular flexibility index (Phi) is 5.20. The highest BCUT2D eigenvalue weighted by atomic mass is 32.1. The van der Waals surface area contributed by atoms with Crippen molar-refractivity contribution < 1.29 is 14.3 Å². The van der Waals surface area contributed by atoms with E-state index in [2.05, 4.69) is 22.4 Å². The Morgan fingerprint density at radius 1 is 1.17 bits per heavy atom. The van der Waals surface area contributed by atoms with Crippen molar-refractivity contribution in [3.8, 4) is 0 Å². The molecule has 0 unspecified atom stereocenters. The summed E-state index contributed by atoms with van der Waals surface area (Å²) in [5.74, 6) is -0.0503. The molecule has 0 radical (unpaired) electrons. The van der Waals surface area contributed by atoms with Gasteiger partial charge in [-0.3, -0.25) is 9.59 Å². The van der Waals surface area contributed by atoms with Gasteiger partial charge in [-0.2, -0.15) is 0 Å². The molecule has 6 heteroatoms. The van der Waals surface area contributed by atoms with Gasteiger partial charge in [0.15, 0.2) is 0 Å². The molecule has 126 valence electrons. The largest absolute Gasteiger partial charge is 0.469 e. The van der Waals surface area contributed by atoms with Gasteiger partial charge in [-0.1, -0.05) is 6.42 Å². The Labute approximate surface area is 141 Å². The quantitative estimate of drug-likeness (QED) is 0.795. The molecule has 2 heterocycles. The molecule has 0 bridgehead atoms. The Balaban J connectivity index is 1.53. The van der Waals surface area contributed by atoms with E-state index in [1.165, 1.54) is 12.1 Å². The van der Waals surface area contributed by atoms with Gasteiger partial charge in [0.2, 0.25) is 5.91 Å². The van der Waals surface area contributed by atoms with Crippen LogP contribution in [-0.2, 0) is 14.3 Å². The molecule has 1 aliphatic carbocycles. The summed E-state index contributed by atoms with van der Waals surface area (Å²) in [6.45, 7) is 3.32. The van der Waals surface area contributed by atoms with E-state index in [4.69, 9.17) is 4.74 Å². The predicted octanol–water partition coefficient (Wildman–Crippen LogP) is 2.38. The summed E-state index contributed by atoms with van der Waals surface area (Å²) in [7, 11) is 1.43. The van der Waals surface area contributed by atoms with Crippen molar-refractivity contribution in [2.45, 2.75) is 25.7 Å². The number of amides is 1. The maximum Gasteiger partial charge on any atom is 0.308 e. The predicted molar refractivity (Wildman–Crippen MR) is 90.6 cm³/mol. The SMILES string of the molecule is COC(=O)[C@@H]1CCC[C@H](C(=O)N2CCN(c3cccs3)CC2)C1. The first-order valence-corrected chi connectivity index (χ1v) is 9.22. The molecule has 0 spiro atoms. The third-order valence-corrected chi connectivity index (χ3v) is 5.90. The molecule has 1 amide bonds. The Morgan fingerprint density at radius 2 is 1.91 bits per heavy atom. The van der Waals surface area contributed by atoms with Crippen LogP contribution in [0.2, 0.25) is 0 Å². The Bertz CT molecular complexity index is 538. The minimum Gasteiger partial charge on any atom is -0.469 e. The van der Waals surface area contributed by atoms with Gasteiger partial charge in [-0.15, -0.1) is 11.3 Å². The third-order valence-electron chi connectivity index (χ3n) is 4.97. The number of rotatable bonds is 3. The van der Waals surface area contributed by atoms with E-state index in [-0.39, 0.29) is 23.7 Å². The minimum absolute atomic E-state index is 0.0128. The Hall–Kier alpha value is -1.56. The van der Waals surface area contributed by atoms with Gasteiger partial charge in [0.1, 0.15) is 0 Å². The number of esters is 1. The van der Waals surface area contributed by atoms with Crippen LogP contribution in [0.15, 0.2) is 17.5 Å². The second-order valence-corrected chi connectivity index (χ2v) is 7.27. The van der Waals surface area contributed by atoms with Crippen LogP contribution in [0.4, 0.5) is 5.00 Å². The first kappa shape index (κ1) is 16.3. The van der Waals surface area contributed by atoms with Crippen LogP contribution < -0.4 is 4.90 Å². The molecular formula is C17H24N2O3S. The van der Waals surface area contributed by atoms with Crippen molar-refractivity contribution >= 4 is 28.2 Å². The normalized spacial score (nSPS) is 25.3. The molecule has 1 saturated heterocycles. The summed E-state index contributed by atoms with van der Waals surface area (Å²) < 4.78 is 4.85. The van der Waals surface area contributed by atoms with Crippen LogP contribution in [0.3, 0.4) is 0 Å². The first-order valence-electron chi connectivity index (χ1n) is 8.34. The van der Waals surface area contributed by atoms with Crippen molar-refractivity contribution in [1.82, 2.24) is 4.90 Å². The summed E-state index contributed by atoms with van der Waals surface area (Å²) in [6, 6.07) is 4.19. The number of methoxy groups -OCH3 is 1. The molecule has 2 aliphatic rings. The third kappa shape index (κ3) is 3.68.